The van der Waals surface area contributed by atoms with Gasteiger partial charge in [-0.15, -0.1) is 0 Å². The Balaban J connectivity index is 2.11. The molecule has 2 rings (SSSR count). The molecule has 1 heterocycles. The Morgan fingerprint density at radius 3 is 2.42 bits per heavy atom. The number of imide groups is 1. The highest BCUT2D eigenvalue weighted by Gasteiger charge is 2.27. The number of carbonyl (C=O) groups is 3. The third-order valence-electron chi connectivity index (χ3n) is 3.62. The minimum absolute atomic E-state index is 0.0820. The van der Waals surface area contributed by atoms with E-state index in [0.29, 0.717) is 11.4 Å². The summed E-state index contributed by atoms with van der Waals surface area (Å²) in [6, 6.07) is 10.6. The Kier molecular flexibility index (Phi) is 6.40. The number of amides is 4. The summed E-state index contributed by atoms with van der Waals surface area (Å²) in [5.41, 5.74) is 6.66. The molecule has 8 heteroatoms. The highest BCUT2D eigenvalue weighted by Crippen LogP contribution is 2.19. The third kappa shape index (κ3) is 5.38. The molecule has 1 aromatic heterocycles. The van der Waals surface area contributed by atoms with Crippen LogP contribution in [0.3, 0.4) is 0 Å². The van der Waals surface area contributed by atoms with Crippen LogP contribution in [0.4, 0.5) is 10.6 Å². The van der Waals surface area contributed by atoms with Gasteiger partial charge in [-0.3, -0.25) is 19.8 Å². The van der Waals surface area contributed by atoms with Crippen LogP contribution < -0.4 is 16.4 Å². The van der Waals surface area contributed by atoms with Crippen molar-refractivity contribution >= 4 is 23.7 Å². The van der Waals surface area contributed by atoms with Crippen LogP contribution >= 0.6 is 0 Å². The molecule has 1 atom stereocenters. The number of hydrogen-bond acceptors (Lipinski definition) is 5. The van der Waals surface area contributed by atoms with Gasteiger partial charge in [0, 0.05) is 6.20 Å². The van der Waals surface area contributed by atoms with Crippen LogP contribution in [0.5, 0.6) is 0 Å². The lowest BCUT2D eigenvalue weighted by molar-refractivity contribution is -0.126. The van der Waals surface area contributed by atoms with E-state index in [1.54, 1.807) is 43.6 Å². The molecule has 26 heavy (non-hydrogen) atoms. The molecule has 0 aliphatic carbocycles. The zero-order valence-corrected chi connectivity index (χ0v) is 14.6. The van der Waals surface area contributed by atoms with Gasteiger partial charge in [-0.25, -0.2) is 9.78 Å². The monoisotopic (exact) mass is 355 g/mol. The first kappa shape index (κ1) is 19.1. The zero-order chi connectivity index (χ0) is 19.1. The number of nitrogens with zero attached hydrogens (tertiary/aromatic N) is 2. The number of pyridine rings is 1. The number of benzene rings is 1. The van der Waals surface area contributed by atoms with E-state index < -0.39 is 18.0 Å². The number of aryl methyl sites for hydroxylation is 1. The van der Waals surface area contributed by atoms with Crippen LogP contribution in [0, 0.1) is 6.92 Å². The number of primary amides is 1. The van der Waals surface area contributed by atoms with Crippen LogP contribution in [0.2, 0.25) is 0 Å². The van der Waals surface area contributed by atoms with Gasteiger partial charge in [-0.1, -0.05) is 36.4 Å². The van der Waals surface area contributed by atoms with Gasteiger partial charge in [0.25, 0.3) is 0 Å². The number of carbonyl (C=O) groups excluding carboxylic acids is 3. The predicted octanol–water partition coefficient (Wildman–Crippen LogP) is 1.20. The van der Waals surface area contributed by atoms with Crippen molar-refractivity contribution in [1.82, 2.24) is 15.2 Å². The van der Waals surface area contributed by atoms with E-state index >= 15 is 0 Å². The first-order valence-corrected chi connectivity index (χ1v) is 7.95. The summed E-state index contributed by atoms with van der Waals surface area (Å²) in [7, 11) is 1.61. The summed E-state index contributed by atoms with van der Waals surface area (Å²) in [4.78, 5) is 41.3. The summed E-state index contributed by atoms with van der Waals surface area (Å²) in [5.74, 6) is -0.518. The summed E-state index contributed by atoms with van der Waals surface area (Å²) < 4.78 is 0. The van der Waals surface area contributed by atoms with Gasteiger partial charge in [0.2, 0.25) is 11.8 Å². The molecule has 0 fully saturated rings. The quantitative estimate of drug-likeness (QED) is 0.720. The summed E-state index contributed by atoms with van der Waals surface area (Å²) in [5, 5.41) is 4.74. The predicted molar refractivity (Wildman–Crippen MR) is 97.1 cm³/mol. The van der Waals surface area contributed by atoms with Gasteiger partial charge >= 0.3 is 6.03 Å². The number of hydrogen-bond donors (Lipinski definition) is 3. The molecular weight excluding hydrogens is 334 g/mol. The van der Waals surface area contributed by atoms with Crippen LogP contribution in [-0.4, -0.2) is 41.3 Å². The molecule has 0 radical (unpaired) electrons. The van der Waals surface area contributed by atoms with Crippen LogP contribution in [0.15, 0.2) is 48.7 Å². The SMILES string of the molecule is Cc1ccc(NC(=O)CN(C)C(C(=O)NC(N)=O)c2ccccc2)nc1. The Morgan fingerprint density at radius 2 is 1.85 bits per heavy atom. The fourth-order valence-electron chi connectivity index (χ4n) is 2.47. The van der Waals surface area contributed by atoms with Crippen molar-refractivity contribution in [2.75, 3.05) is 18.9 Å². The largest absolute Gasteiger partial charge is 0.351 e. The Morgan fingerprint density at radius 1 is 1.15 bits per heavy atom. The second kappa shape index (κ2) is 8.72. The molecule has 4 N–H and O–H groups in total. The lowest BCUT2D eigenvalue weighted by atomic mass is 10.0. The molecular formula is C18H21N5O3. The van der Waals surface area contributed by atoms with Crippen molar-refractivity contribution in [3.05, 3.63) is 59.8 Å². The van der Waals surface area contributed by atoms with Crippen molar-refractivity contribution in [3.63, 3.8) is 0 Å². The van der Waals surface area contributed by atoms with Crippen LogP contribution in [0.1, 0.15) is 17.2 Å². The number of nitrogens with two attached hydrogens (primary N) is 1. The van der Waals surface area contributed by atoms with Gasteiger partial charge in [0.05, 0.1) is 6.54 Å². The number of rotatable bonds is 6. The minimum atomic E-state index is -0.947. The van der Waals surface area contributed by atoms with Crippen molar-refractivity contribution in [3.8, 4) is 0 Å². The molecule has 4 amide bonds. The highest BCUT2D eigenvalue weighted by atomic mass is 16.2. The van der Waals surface area contributed by atoms with Crippen LogP contribution in [0.25, 0.3) is 0 Å². The molecule has 0 saturated carbocycles. The molecule has 0 saturated heterocycles. The zero-order valence-electron chi connectivity index (χ0n) is 14.6. The van der Waals surface area contributed by atoms with Crippen molar-refractivity contribution in [2.24, 2.45) is 5.73 Å². The lowest BCUT2D eigenvalue weighted by Crippen LogP contribution is -2.45. The van der Waals surface area contributed by atoms with Crippen molar-refractivity contribution in [2.45, 2.75) is 13.0 Å². The standard InChI is InChI=1S/C18H21N5O3/c1-12-8-9-14(20-10-12)21-15(24)11-23(2)16(17(25)22-18(19)26)13-6-4-3-5-7-13/h3-10,16H,11H2,1-2H3,(H,20,21,24)(H3,19,22,25,26). The summed E-state index contributed by atoms with van der Waals surface area (Å²) >= 11 is 0. The Hall–Kier alpha value is -3.26. The lowest BCUT2D eigenvalue weighted by Gasteiger charge is -2.26. The third-order valence-corrected chi connectivity index (χ3v) is 3.62. The van der Waals surface area contributed by atoms with Crippen LogP contribution in [-0.2, 0) is 9.59 Å². The fourth-order valence-corrected chi connectivity index (χ4v) is 2.47. The van der Waals surface area contributed by atoms with E-state index in [2.05, 4.69) is 15.6 Å². The Labute approximate surface area is 151 Å². The summed E-state index contributed by atoms with van der Waals surface area (Å²) in [6.45, 7) is 1.81. The highest BCUT2D eigenvalue weighted by molar-refractivity contribution is 5.97. The number of urea groups is 1. The average molecular weight is 355 g/mol. The number of likely N-dealkylation sites (N-methyl/N-ethyl adjacent to an activating group) is 1. The maximum Gasteiger partial charge on any atom is 0.318 e. The molecule has 8 nitrogen and oxygen atoms in total. The van der Waals surface area contributed by atoms with Gasteiger partial charge in [-0.05, 0) is 31.2 Å². The van der Waals surface area contributed by atoms with Crippen molar-refractivity contribution in [1.29, 1.82) is 0 Å². The van der Waals surface area contributed by atoms with Crippen molar-refractivity contribution < 1.29 is 14.4 Å². The normalized spacial score (nSPS) is 11.7. The van der Waals surface area contributed by atoms with E-state index in [1.165, 1.54) is 4.90 Å². The first-order chi connectivity index (χ1) is 12.4. The molecule has 0 bridgehead atoms. The minimum Gasteiger partial charge on any atom is -0.351 e. The topological polar surface area (TPSA) is 117 Å². The maximum atomic E-state index is 12.4. The second-order valence-electron chi connectivity index (χ2n) is 5.85. The number of anilines is 1. The van der Waals surface area contributed by atoms with E-state index in [4.69, 9.17) is 5.73 Å². The smallest absolute Gasteiger partial charge is 0.318 e. The molecule has 1 aromatic carbocycles. The Bertz CT molecular complexity index is 777. The molecule has 0 aliphatic rings. The van der Waals surface area contributed by atoms with E-state index in [0.717, 1.165) is 5.56 Å². The van der Waals surface area contributed by atoms with E-state index in [9.17, 15) is 14.4 Å². The number of aromatic nitrogens is 1. The van der Waals surface area contributed by atoms with Gasteiger partial charge in [0.1, 0.15) is 11.9 Å². The molecule has 136 valence electrons. The van der Waals surface area contributed by atoms with Gasteiger partial charge < -0.3 is 11.1 Å². The molecule has 0 aliphatic heterocycles. The average Bonchev–Trinajstić information content (AvgIpc) is 2.57. The first-order valence-electron chi connectivity index (χ1n) is 7.95. The molecule has 1 unspecified atom stereocenters. The van der Waals surface area contributed by atoms with Gasteiger partial charge in [0.15, 0.2) is 0 Å². The van der Waals surface area contributed by atoms with Gasteiger partial charge in [-0.2, -0.15) is 0 Å². The van der Waals surface area contributed by atoms with E-state index in [1.807, 2.05) is 19.1 Å². The second-order valence-corrected chi connectivity index (χ2v) is 5.85. The molecule has 2 aromatic rings. The molecule has 0 spiro atoms. The van der Waals surface area contributed by atoms with E-state index in [-0.39, 0.29) is 12.5 Å². The summed E-state index contributed by atoms with van der Waals surface area (Å²) in [6.07, 6.45) is 1.65. The number of nitrogens with one attached hydrogen (secondary N) is 2. The maximum absolute atomic E-state index is 12.4. The fraction of sp³-hybridized carbons (Fsp3) is 0.222.